The minimum absolute atomic E-state index is 0.179. The lowest BCUT2D eigenvalue weighted by Gasteiger charge is -2.25. The van der Waals surface area contributed by atoms with Crippen molar-refractivity contribution in [3.63, 3.8) is 0 Å². The summed E-state index contributed by atoms with van der Waals surface area (Å²) in [5.74, 6) is -2.09. The molecule has 3 aliphatic rings. The number of carbonyl (C=O) groups is 4. The highest BCUT2D eigenvalue weighted by Crippen LogP contribution is 2.46. The zero-order valence-electron chi connectivity index (χ0n) is 16.5. The van der Waals surface area contributed by atoms with Gasteiger partial charge in [-0.15, -0.1) is 0 Å². The highest BCUT2D eigenvalue weighted by molar-refractivity contribution is 8.03. The van der Waals surface area contributed by atoms with Crippen LogP contribution in [0.2, 0.25) is 0 Å². The maximum atomic E-state index is 13.4. The molecule has 2 aliphatic carbocycles. The second-order valence-electron chi connectivity index (χ2n) is 7.93. The summed E-state index contributed by atoms with van der Waals surface area (Å²) in [6, 6.07) is 14.4. The molecule has 1 aliphatic heterocycles. The quantitative estimate of drug-likeness (QED) is 0.527. The molecule has 0 aromatic heterocycles. The Hall–Kier alpha value is -3.51. The second-order valence-corrected chi connectivity index (χ2v) is 9.00. The third kappa shape index (κ3) is 2.39. The van der Waals surface area contributed by atoms with Crippen LogP contribution in [0.5, 0.6) is 0 Å². The average Bonchev–Trinajstić information content (AvgIpc) is 3.09. The summed E-state index contributed by atoms with van der Waals surface area (Å²) in [6.07, 6.45) is 1.55. The highest BCUT2D eigenvalue weighted by atomic mass is 32.2. The van der Waals surface area contributed by atoms with E-state index in [-0.39, 0.29) is 29.6 Å². The zero-order valence-corrected chi connectivity index (χ0v) is 17.3. The number of hydrogen-bond acceptors (Lipinski definition) is 6. The Morgan fingerprint density at radius 1 is 0.806 bits per heavy atom. The molecule has 150 valence electrons. The number of fused-ring (bicyclic) bond motifs is 1. The van der Waals surface area contributed by atoms with E-state index >= 15 is 0 Å². The summed E-state index contributed by atoms with van der Waals surface area (Å²) in [5, 5.41) is 1.72. The molecule has 0 bridgehead atoms. The zero-order chi connectivity index (χ0) is 21.4. The first kappa shape index (κ1) is 18.3. The number of hydrogen-bond donors (Lipinski definition) is 0. The molecule has 0 atom stereocenters. The molecule has 0 N–H and O–H groups in total. The van der Waals surface area contributed by atoms with Crippen molar-refractivity contribution in [2.24, 2.45) is 5.92 Å². The van der Waals surface area contributed by atoms with Crippen molar-refractivity contribution < 1.29 is 19.2 Å². The molecular formula is C25H15NO4S. The van der Waals surface area contributed by atoms with Crippen LogP contribution in [-0.2, 0) is 0 Å². The standard InChI is InChI=1S/C25H15NO4S/c1-26-17-4-2-3-5-20(17)31-21(26)10-16-24(29)14-8-6-12-18(27)11-19(28)13-7-9-15(25(16)30)23(14)22(12)13/h2-10,16H,11H2,1H3. The van der Waals surface area contributed by atoms with Gasteiger partial charge < -0.3 is 4.90 Å². The number of anilines is 1. The van der Waals surface area contributed by atoms with E-state index in [4.69, 9.17) is 0 Å². The Bertz CT molecular complexity index is 1370. The molecular weight excluding hydrogens is 410 g/mol. The fourth-order valence-electron chi connectivity index (χ4n) is 4.72. The van der Waals surface area contributed by atoms with Gasteiger partial charge in [-0.05, 0) is 30.3 Å². The first-order valence-electron chi connectivity index (χ1n) is 9.92. The normalized spacial score (nSPS) is 19.0. The van der Waals surface area contributed by atoms with Crippen LogP contribution in [0.15, 0.2) is 64.5 Å². The summed E-state index contributed by atoms with van der Waals surface area (Å²) in [5.41, 5.74) is 2.64. The Kier molecular flexibility index (Phi) is 3.68. The van der Waals surface area contributed by atoms with Gasteiger partial charge in [0.15, 0.2) is 23.1 Å². The molecule has 0 fully saturated rings. The van der Waals surface area contributed by atoms with Crippen molar-refractivity contribution in [2.75, 3.05) is 11.9 Å². The lowest BCUT2D eigenvalue weighted by Crippen LogP contribution is -2.30. The van der Waals surface area contributed by atoms with E-state index in [0.29, 0.717) is 33.0 Å². The summed E-state index contributed by atoms with van der Waals surface area (Å²) >= 11 is 1.53. The number of benzene rings is 3. The Morgan fingerprint density at radius 3 is 1.97 bits per heavy atom. The number of ketones is 4. The average molecular weight is 425 g/mol. The van der Waals surface area contributed by atoms with Crippen molar-refractivity contribution in [1.82, 2.24) is 0 Å². The Labute approximate surface area is 181 Å². The van der Waals surface area contributed by atoms with Crippen molar-refractivity contribution >= 4 is 51.4 Å². The third-order valence-corrected chi connectivity index (χ3v) is 7.44. The van der Waals surface area contributed by atoms with Crippen LogP contribution < -0.4 is 4.90 Å². The van der Waals surface area contributed by atoms with Crippen LogP contribution >= 0.6 is 11.8 Å². The molecule has 3 aromatic rings. The fourth-order valence-corrected chi connectivity index (χ4v) is 5.84. The van der Waals surface area contributed by atoms with Crippen LogP contribution in [0.1, 0.15) is 47.9 Å². The van der Waals surface area contributed by atoms with Gasteiger partial charge in [-0.2, -0.15) is 0 Å². The van der Waals surface area contributed by atoms with E-state index in [1.165, 1.54) is 11.8 Å². The van der Waals surface area contributed by atoms with Gasteiger partial charge in [0.05, 0.1) is 17.1 Å². The van der Waals surface area contributed by atoms with Crippen molar-refractivity contribution in [3.05, 3.63) is 81.9 Å². The lowest BCUT2D eigenvalue weighted by molar-refractivity contribution is 0.0829. The predicted molar refractivity (Wildman–Crippen MR) is 118 cm³/mol. The van der Waals surface area contributed by atoms with E-state index < -0.39 is 5.92 Å². The number of para-hydroxylation sites is 1. The molecule has 0 saturated carbocycles. The van der Waals surface area contributed by atoms with Gasteiger partial charge in [-0.1, -0.05) is 36.0 Å². The summed E-state index contributed by atoms with van der Waals surface area (Å²) in [4.78, 5) is 54.7. The van der Waals surface area contributed by atoms with Gasteiger partial charge in [0.1, 0.15) is 5.92 Å². The predicted octanol–water partition coefficient (Wildman–Crippen LogP) is 4.69. The summed E-state index contributed by atoms with van der Waals surface area (Å²) in [7, 11) is 1.92. The van der Waals surface area contributed by atoms with Gasteiger partial charge in [0, 0.05) is 45.0 Å². The molecule has 0 amide bonds. The monoisotopic (exact) mass is 425 g/mol. The maximum absolute atomic E-state index is 13.4. The molecule has 6 rings (SSSR count). The molecule has 0 radical (unpaired) electrons. The smallest absolute Gasteiger partial charge is 0.178 e. The molecule has 0 spiro atoms. The van der Waals surface area contributed by atoms with Gasteiger partial charge in [-0.3, -0.25) is 19.2 Å². The molecule has 3 aromatic carbocycles. The number of rotatable bonds is 1. The van der Waals surface area contributed by atoms with Gasteiger partial charge in [0.2, 0.25) is 0 Å². The number of nitrogens with zero attached hydrogens (tertiary/aromatic N) is 1. The van der Waals surface area contributed by atoms with E-state index in [2.05, 4.69) is 0 Å². The lowest BCUT2D eigenvalue weighted by atomic mass is 9.75. The van der Waals surface area contributed by atoms with Crippen LogP contribution in [0.25, 0.3) is 10.8 Å². The van der Waals surface area contributed by atoms with Gasteiger partial charge in [-0.25, -0.2) is 0 Å². The first-order valence-corrected chi connectivity index (χ1v) is 10.7. The van der Waals surface area contributed by atoms with E-state index in [1.54, 1.807) is 30.3 Å². The van der Waals surface area contributed by atoms with Crippen LogP contribution in [0.4, 0.5) is 5.69 Å². The molecule has 0 saturated heterocycles. The molecule has 31 heavy (non-hydrogen) atoms. The SMILES string of the molecule is CN1C(=CC2C(=O)c3ccc4c5c(ccc(c35)C2=O)C(=O)CC4=O)Sc2ccccc21. The first-order chi connectivity index (χ1) is 15.0. The fraction of sp³-hybridized carbons (Fsp3) is 0.120. The second kappa shape index (κ2) is 6.25. The molecule has 1 heterocycles. The highest BCUT2D eigenvalue weighted by Gasteiger charge is 2.39. The van der Waals surface area contributed by atoms with Crippen LogP contribution in [-0.4, -0.2) is 30.2 Å². The minimum Gasteiger partial charge on any atom is -0.338 e. The van der Waals surface area contributed by atoms with E-state index in [0.717, 1.165) is 15.6 Å². The summed E-state index contributed by atoms with van der Waals surface area (Å²) in [6.45, 7) is 0. The maximum Gasteiger partial charge on any atom is 0.178 e. The molecule has 0 unspecified atom stereocenters. The van der Waals surface area contributed by atoms with Crippen LogP contribution in [0, 0.1) is 5.92 Å². The van der Waals surface area contributed by atoms with Crippen molar-refractivity contribution in [3.8, 4) is 0 Å². The van der Waals surface area contributed by atoms with E-state index in [9.17, 15) is 19.2 Å². The Morgan fingerprint density at radius 2 is 1.35 bits per heavy atom. The Balaban J connectivity index is 1.52. The topological polar surface area (TPSA) is 71.5 Å². The van der Waals surface area contributed by atoms with Crippen molar-refractivity contribution in [2.45, 2.75) is 11.3 Å². The molecule has 5 nitrogen and oxygen atoms in total. The third-order valence-electron chi connectivity index (χ3n) is 6.26. The van der Waals surface area contributed by atoms with Gasteiger partial charge in [0.25, 0.3) is 0 Å². The number of Topliss-reactive ketones (excluding diaryl/α,β-unsaturated/α-hetero) is 4. The number of allylic oxidation sites excluding steroid dienone is 1. The largest absolute Gasteiger partial charge is 0.338 e. The van der Waals surface area contributed by atoms with Crippen LogP contribution in [0.3, 0.4) is 0 Å². The van der Waals surface area contributed by atoms with Crippen molar-refractivity contribution in [1.29, 1.82) is 0 Å². The molecule has 6 heteroatoms. The van der Waals surface area contributed by atoms with Gasteiger partial charge >= 0.3 is 0 Å². The minimum atomic E-state index is -0.944. The number of carbonyl (C=O) groups excluding carboxylic acids is 4. The van der Waals surface area contributed by atoms with E-state index in [1.807, 2.05) is 36.2 Å². The summed E-state index contributed by atoms with van der Waals surface area (Å²) < 4.78 is 0. The number of thioether (sulfide) groups is 1.